The number of hydrogen-bond acceptors (Lipinski definition) is 3. The molecule has 0 spiro atoms. The van der Waals surface area contributed by atoms with Crippen molar-refractivity contribution in [2.75, 3.05) is 13.2 Å². The highest BCUT2D eigenvalue weighted by molar-refractivity contribution is 14.1. The Morgan fingerprint density at radius 2 is 2.24 bits per heavy atom. The van der Waals surface area contributed by atoms with E-state index >= 15 is 0 Å². The summed E-state index contributed by atoms with van der Waals surface area (Å²) < 4.78 is 0.897. The molecule has 0 aliphatic heterocycles. The normalized spacial score (nSPS) is 12.2. The molecule has 1 aromatic carbocycles. The number of carbonyl (C=O) groups is 1. The van der Waals surface area contributed by atoms with E-state index in [1.54, 1.807) is 12.1 Å². The molecule has 1 amide bonds. The molecule has 0 aliphatic rings. The van der Waals surface area contributed by atoms with Gasteiger partial charge in [0, 0.05) is 16.7 Å². The lowest BCUT2D eigenvalue weighted by atomic mass is 10.1. The molecule has 1 unspecified atom stereocenters. The number of hydrogen-bond donors (Lipinski definition) is 3. The summed E-state index contributed by atoms with van der Waals surface area (Å²) in [6.07, 6.45) is 0.651. The van der Waals surface area contributed by atoms with Crippen LogP contribution in [0.2, 0.25) is 0 Å². The van der Waals surface area contributed by atoms with E-state index in [4.69, 9.17) is 5.11 Å². The second kappa shape index (κ2) is 6.80. The van der Waals surface area contributed by atoms with Gasteiger partial charge in [-0.15, -0.1) is 0 Å². The molecule has 17 heavy (non-hydrogen) atoms. The summed E-state index contributed by atoms with van der Waals surface area (Å²) in [7, 11) is 0. The van der Waals surface area contributed by atoms with Gasteiger partial charge in [0.1, 0.15) is 5.75 Å². The van der Waals surface area contributed by atoms with Crippen molar-refractivity contribution in [3.63, 3.8) is 0 Å². The highest BCUT2D eigenvalue weighted by Gasteiger charge is 2.12. The van der Waals surface area contributed by atoms with Gasteiger partial charge in [-0.05, 0) is 53.1 Å². The van der Waals surface area contributed by atoms with Crippen LogP contribution in [0.3, 0.4) is 0 Å². The minimum atomic E-state index is -0.286. The number of halogens is 1. The largest absolute Gasteiger partial charge is 0.507 e. The zero-order valence-corrected chi connectivity index (χ0v) is 11.8. The fraction of sp³-hybridized carbons (Fsp3) is 0.417. The van der Waals surface area contributed by atoms with Gasteiger partial charge in [0.25, 0.3) is 5.91 Å². The average Bonchev–Trinajstić information content (AvgIpc) is 2.29. The number of aliphatic hydroxyl groups is 1. The average molecular weight is 349 g/mol. The maximum atomic E-state index is 11.8. The summed E-state index contributed by atoms with van der Waals surface area (Å²) >= 11 is 2.09. The summed E-state index contributed by atoms with van der Waals surface area (Å²) in [5, 5.41) is 21.1. The minimum absolute atomic E-state index is 0.0160. The molecule has 0 heterocycles. The zero-order valence-electron chi connectivity index (χ0n) is 9.61. The molecule has 0 fully saturated rings. The van der Waals surface area contributed by atoms with Gasteiger partial charge in [-0.2, -0.15) is 0 Å². The Balaban J connectivity index is 2.61. The Morgan fingerprint density at radius 3 is 2.88 bits per heavy atom. The molecule has 5 heteroatoms. The van der Waals surface area contributed by atoms with Crippen LogP contribution < -0.4 is 5.32 Å². The van der Waals surface area contributed by atoms with Crippen molar-refractivity contribution in [3.05, 3.63) is 27.3 Å². The van der Waals surface area contributed by atoms with E-state index < -0.39 is 0 Å². The first kappa shape index (κ1) is 14.2. The molecule has 1 atom stereocenters. The maximum Gasteiger partial charge on any atom is 0.255 e. The monoisotopic (exact) mass is 349 g/mol. The quantitative estimate of drug-likeness (QED) is 0.710. The van der Waals surface area contributed by atoms with Crippen LogP contribution >= 0.6 is 22.6 Å². The Kier molecular flexibility index (Phi) is 5.70. The molecule has 0 saturated heterocycles. The van der Waals surface area contributed by atoms with Crippen LogP contribution in [0.4, 0.5) is 0 Å². The first-order valence-electron chi connectivity index (χ1n) is 5.42. The summed E-state index contributed by atoms with van der Waals surface area (Å²) in [4.78, 5) is 11.8. The first-order valence-corrected chi connectivity index (χ1v) is 6.50. The molecule has 1 rings (SSSR count). The van der Waals surface area contributed by atoms with Gasteiger partial charge in [-0.1, -0.05) is 6.92 Å². The molecule has 0 bridgehead atoms. The highest BCUT2D eigenvalue weighted by Crippen LogP contribution is 2.19. The number of phenols is 1. The minimum Gasteiger partial charge on any atom is -0.507 e. The Bertz CT molecular complexity index is 395. The second-order valence-electron chi connectivity index (χ2n) is 3.99. The summed E-state index contributed by atoms with van der Waals surface area (Å²) in [6, 6.07) is 4.89. The van der Waals surface area contributed by atoms with Crippen molar-refractivity contribution < 1.29 is 15.0 Å². The third kappa shape index (κ3) is 4.51. The number of amides is 1. The van der Waals surface area contributed by atoms with Crippen LogP contribution in [0.25, 0.3) is 0 Å². The first-order chi connectivity index (χ1) is 8.04. The number of rotatable bonds is 5. The molecule has 4 nitrogen and oxygen atoms in total. The van der Waals surface area contributed by atoms with Crippen molar-refractivity contribution in [1.82, 2.24) is 5.32 Å². The van der Waals surface area contributed by atoms with E-state index in [2.05, 4.69) is 27.9 Å². The van der Waals surface area contributed by atoms with Crippen molar-refractivity contribution in [1.29, 1.82) is 0 Å². The number of nitrogens with one attached hydrogen (secondary N) is 1. The molecule has 3 N–H and O–H groups in total. The van der Waals surface area contributed by atoms with E-state index in [0.717, 1.165) is 3.57 Å². The Labute approximate surface area is 114 Å². The van der Waals surface area contributed by atoms with E-state index in [0.29, 0.717) is 13.0 Å². The molecule has 0 aliphatic carbocycles. The zero-order chi connectivity index (χ0) is 12.8. The van der Waals surface area contributed by atoms with Gasteiger partial charge in [0.2, 0.25) is 0 Å². The van der Waals surface area contributed by atoms with Crippen LogP contribution in [0.15, 0.2) is 18.2 Å². The smallest absolute Gasteiger partial charge is 0.255 e. The van der Waals surface area contributed by atoms with Crippen molar-refractivity contribution >= 4 is 28.5 Å². The van der Waals surface area contributed by atoms with Crippen molar-refractivity contribution in [3.8, 4) is 5.75 Å². The highest BCUT2D eigenvalue weighted by atomic mass is 127. The lowest BCUT2D eigenvalue weighted by Crippen LogP contribution is -2.28. The van der Waals surface area contributed by atoms with Gasteiger partial charge >= 0.3 is 0 Å². The Hall–Kier alpha value is -0.820. The SMILES string of the molecule is CC(CCO)CNC(=O)c1cc(I)ccc1O. The van der Waals surface area contributed by atoms with Gasteiger partial charge < -0.3 is 15.5 Å². The molecule has 0 radical (unpaired) electrons. The fourth-order valence-corrected chi connectivity index (χ4v) is 1.87. The number of carbonyl (C=O) groups excluding carboxylic acids is 1. The van der Waals surface area contributed by atoms with Gasteiger partial charge in [-0.25, -0.2) is 0 Å². The van der Waals surface area contributed by atoms with Gasteiger partial charge in [0.05, 0.1) is 5.56 Å². The summed E-state index contributed by atoms with van der Waals surface area (Å²) in [6.45, 7) is 2.56. The van der Waals surface area contributed by atoms with Gasteiger partial charge in [-0.3, -0.25) is 4.79 Å². The van der Waals surface area contributed by atoms with Crippen LogP contribution in [0, 0.1) is 9.49 Å². The maximum absolute atomic E-state index is 11.8. The lowest BCUT2D eigenvalue weighted by Gasteiger charge is -2.11. The van der Waals surface area contributed by atoms with Crippen LogP contribution in [-0.4, -0.2) is 29.3 Å². The molecular formula is C12H16INO3. The third-order valence-corrected chi connectivity index (χ3v) is 3.11. The van der Waals surface area contributed by atoms with E-state index in [1.807, 2.05) is 6.92 Å². The Morgan fingerprint density at radius 1 is 1.53 bits per heavy atom. The van der Waals surface area contributed by atoms with Crippen LogP contribution in [0.1, 0.15) is 23.7 Å². The molecular weight excluding hydrogens is 333 g/mol. The predicted molar refractivity (Wildman–Crippen MR) is 74.0 cm³/mol. The lowest BCUT2D eigenvalue weighted by molar-refractivity contribution is 0.0942. The molecule has 0 aromatic heterocycles. The number of benzene rings is 1. The molecule has 94 valence electrons. The summed E-state index contributed by atoms with van der Waals surface area (Å²) in [5.74, 6) is -0.0857. The van der Waals surface area contributed by atoms with E-state index in [-0.39, 0.29) is 29.7 Å². The third-order valence-electron chi connectivity index (χ3n) is 2.44. The molecule has 0 saturated carbocycles. The molecule has 1 aromatic rings. The second-order valence-corrected chi connectivity index (χ2v) is 5.23. The number of phenolic OH excluding ortho intramolecular Hbond substituents is 1. The van der Waals surface area contributed by atoms with Crippen LogP contribution in [0.5, 0.6) is 5.75 Å². The van der Waals surface area contributed by atoms with Crippen LogP contribution in [-0.2, 0) is 0 Å². The fourth-order valence-electron chi connectivity index (χ4n) is 1.37. The van der Waals surface area contributed by atoms with E-state index in [1.165, 1.54) is 6.07 Å². The van der Waals surface area contributed by atoms with E-state index in [9.17, 15) is 9.90 Å². The summed E-state index contributed by atoms with van der Waals surface area (Å²) in [5.41, 5.74) is 0.285. The van der Waals surface area contributed by atoms with Gasteiger partial charge in [0.15, 0.2) is 0 Å². The van der Waals surface area contributed by atoms with Crippen molar-refractivity contribution in [2.45, 2.75) is 13.3 Å². The predicted octanol–water partition coefficient (Wildman–Crippen LogP) is 1.75. The number of aromatic hydroxyl groups is 1. The standard InChI is InChI=1S/C12H16INO3/c1-8(4-5-15)7-14-12(17)10-6-9(13)2-3-11(10)16/h2-3,6,8,15-16H,4-5,7H2,1H3,(H,14,17). The number of aliphatic hydroxyl groups excluding tert-OH is 1. The van der Waals surface area contributed by atoms with Crippen molar-refractivity contribution in [2.24, 2.45) is 5.92 Å². The topological polar surface area (TPSA) is 69.6 Å².